The molecule has 0 heterocycles. The molecular formula is C18H22N4O2S2. The molecule has 8 heteroatoms. The zero-order valence-corrected chi connectivity index (χ0v) is 16.8. The van der Waals surface area contributed by atoms with Crippen molar-refractivity contribution in [3.63, 3.8) is 0 Å². The number of nitrogens with one attached hydrogen (secondary N) is 3. The summed E-state index contributed by atoms with van der Waals surface area (Å²) in [4.78, 5) is 0.205. The summed E-state index contributed by atoms with van der Waals surface area (Å²) in [6.07, 6.45) is 0. The van der Waals surface area contributed by atoms with E-state index in [9.17, 15) is 8.42 Å². The van der Waals surface area contributed by atoms with Gasteiger partial charge in [-0.1, -0.05) is 29.8 Å². The maximum Gasteiger partial charge on any atom is 0.240 e. The van der Waals surface area contributed by atoms with Crippen LogP contribution in [0.25, 0.3) is 0 Å². The van der Waals surface area contributed by atoms with Gasteiger partial charge in [0.1, 0.15) is 0 Å². The maximum absolute atomic E-state index is 11.7. The number of sulfonamides is 1. The van der Waals surface area contributed by atoms with Crippen molar-refractivity contribution in [2.45, 2.75) is 25.7 Å². The summed E-state index contributed by atoms with van der Waals surface area (Å²) in [6.45, 7) is 5.86. The second-order valence-corrected chi connectivity index (χ2v) is 8.11. The molecule has 0 bridgehead atoms. The van der Waals surface area contributed by atoms with Crippen LogP contribution in [0.5, 0.6) is 0 Å². The Morgan fingerprint density at radius 1 is 1.08 bits per heavy atom. The average molecular weight is 391 g/mol. The summed E-state index contributed by atoms with van der Waals surface area (Å²) in [5.41, 5.74) is 7.48. The van der Waals surface area contributed by atoms with E-state index in [0.717, 1.165) is 16.8 Å². The Morgan fingerprint density at radius 3 is 2.31 bits per heavy atom. The van der Waals surface area contributed by atoms with Gasteiger partial charge in [0, 0.05) is 5.69 Å². The van der Waals surface area contributed by atoms with E-state index in [-0.39, 0.29) is 4.90 Å². The fourth-order valence-corrected chi connectivity index (χ4v) is 3.18. The molecule has 0 atom stereocenters. The van der Waals surface area contributed by atoms with Crippen molar-refractivity contribution in [1.82, 2.24) is 10.1 Å². The molecule has 26 heavy (non-hydrogen) atoms. The topological polar surface area (TPSA) is 82.6 Å². The zero-order chi connectivity index (χ0) is 19.3. The average Bonchev–Trinajstić information content (AvgIpc) is 2.62. The molecule has 0 saturated carbocycles. The highest BCUT2D eigenvalue weighted by atomic mass is 32.2. The number of nitrogens with zero attached hydrogens (tertiary/aromatic N) is 1. The lowest BCUT2D eigenvalue weighted by molar-refractivity contribution is 0.588. The second-order valence-electron chi connectivity index (χ2n) is 5.81. The number of aryl methyl sites for hydroxylation is 2. The number of hydrogen-bond acceptors (Lipinski definition) is 4. The van der Waals surface area contributed by atoms with E-state index in [1.54, 1.807) is 12.1 Å². The minimum Gasteiger partial charge on any atom is -0.331 e. The van der Waals surface area contributed by atoms with E-state index in [0.29, 0.717) is 10.8 Å². The number of hydrazone groups is 1. The number of anilines is 1. The lowest BCUT2D eigenvalue weighted by Gasteiger charge is -2.11. The van der Waals surface area contributed by atoms with Crippen molar-refractivity contribution in [2.75, 3.05) is 12.4 Å². The Bertz CT molecular complexity index is 936. The molecule has 6 nitrogen and oxygen atoms in total. The predicted octanol–water partition coefficient (Wildman–Crippen LogP) is 2.92. The molecular weight excluding hydrogens is 368 g/mol. The predicted molar refractivity (Wildman–Crippen MR) is 110 cm³/mol. The van der Waals surface area contributed by atoms with E-state index >= 15 is 0 Å². The molecule has 2 rings (SSSR count). The quantitative estimate of drug-likeness (QED) is 0.415. The van der Waals surface area contributed by atoms with Crippen molar-refractivity contribution in [2.24, 2.45) is 5.10 Å². The van der Waals surface area contributed by atoms with Gasteiger partial charge in [-0.2, -0.15) is 5.10 Å². The van der Waals surface area contributed by atoms with Gasteiger partial charge in [-0.05, 0) is 69.4 Å². The van der Waals surface area contributed by atoms with Gasteiger partial charge in [-0.25, -0.2) is 13.1 Å². The van der Waals surface area contributed by atoms with Crippen LogP contribution in [0.2, 0.25) is 0 Å². The van der Waals surface area contributed by atoms with Crippen LogP contribution in [0, 0.1) is 13.8 Å². The van der Waals surface area contributed by atoms with Gasteiger partial charge in [-0.3, -0.25) is 5.43 Å². The molecule has 2 aromatic carbocycles. The lowest BCUT2D eigenvalue weighted by Crippen LogP contribution is -2.25. The van der Waals surface area contributed by atoms with Crippen molar-refractivity contribution < 1.29 is 8.42 Å². The Kier molecular flexibility index (Phi) is 6.47. The number of rotatable bonds is 5. The standard InChI is InChI=1S/C18H22N4O2S2/c1-12-5-10-17(13(2)11-12)20-18(25)22-21-14(3)15-6-8-16(9-7-15)26(23,24)19-4/h5-11,19H,1-4H3,(H2,20,22,25)/b21-14-. The monoisotopic (exact) mass is 390 g/mol. The summed E-state index contributed by atoms with van der Waals surface area (Å²) in [6, 6.07) is 12.5. The Balaban J connectivity index is 2.04. The third-order valence-electron chi connectivity index (χ3n) is 3.81. The minimum atomic E-state index is -3.44. The van der Waals surface area contributed by atoms with Crippen LogP contribution in [0.3, 0.4) is 0 Å². The number of benzene rings is 2. The summed E-state index contributed by atoms with van der Waals surface area (Å²) in [5, 5.41) is 7.73. The molecule has 0 spiro atoms. The first-order valence-electron chi connectivity index (χ1n) is 7.95. The van der Waals surface area contributed by atoms with Crippen LogP contribution in [-0.4, -0.2) is 26.3 Å². The van der Waals surface area contributed by atoms with Gasteiger partial charge in [0.05, 0.1) is 10.6 Å². The summed E-state index contributed by atoms with van der Waals surface area (Å²) >= 11 is 5.27. The highest BCUT2D eigenvalue weighted by Crippen LogP contribution is 2.16. The number of thiocarbonyl (C=S) groups is 1. The fraction of sp³-hybridized carbons (Fsp3) is 0.222. The van der Waals surface area contributed by atoms with Gasteiger partial charge in [0.2, 0.25) is 10.0 Å². The maximum atomic E-state index is 11.7. The van der Waals surface area contributed by atoms with Crippen LogP contribution >= 0.6 is 12.2 Å². The Hall–Kier alpha value is -2.29. The largest absolute Gasteiger partial charge is 0.331 e. The molecule has 0 saturated heterocycles. The molecule has 0 amide bonds. The lowest BCUT2D eigenvalue weighted by atomic mass is 10.1. The van der Waals surface area contributed by atoms with Crippen molar-refractivity contribution >= 4 is 38.8 Å². The van der Waals surface area contributed by atoms with E-state index < -0.39 is 10.0 Å². The van der Waals surface area contributed by atoms with Crippen LogP contribution in [0.15, 0.2) is 52.5 Å². The molecule has 138 valence electrons. The SMILES string of the molecule is CNS(=O)(=O)c1ccc(/C(C)=N\NC(=S)Nc2ccc(C)cc2C)cc1. The molecule has 0 aliphatic heterocycles. The smallest absolute Gasteiger partial charge is 0.240 e. The number of hydrogen-bond donors (Lipinski definition) is 3. The highest BCUT2D eigenvalue weighted by molar-refractivity contribution is 7.89. The Morgan fingerprint density at radius 2 is 1.73 bits per heavy atom. The molecule has 0 aromatic heterocycles. The second kappa shape index (κ2) is 8.39. The van der Waals surface area contributed by atoms with Crippen LogP contribution in [0.4, 0.5) is 5.69 Å². The van der Waals surface area contributed by atoms with Gasteiger partial charge in [0.15, 0.2) is 5.11 Å². The third kappa shape index (κ3) is 5.10. The fourth-order valence-electron chi connectivity index (χ4n) is 2.30. The molecule has 0 aliphatic carbocycles. The molecule has 2 aromatic rings. The first kappa shape index (κ1) is 20.0. The molecule has 0 radical (unpaired) electrons. The van der Waals surface area contributed by atoms with Gasteiger partial charge in [0.25, 0.3) is 0 Å². The van der Waals surface area contributed by atoms with Crippen LogP contribution in [-0.2, 0) is 10.0 Å². The normalized spacial score (nSPS) is 11.9. The molecule has 0 aliphatic rings. The van der Waals surface area contributed by atoms with Gasteiger partial charge in [-0.15, -0.1) is 0 Å². The Labute approximate surface area is 159 Å². The van der Waals surface area contributed by atoms with Gasteiger partial charge >= 0.3 is 0 Å². The summed E-state index contributed by atoms with van der Waals surface area (Å²) < 4.78 is 25.8. The minimum absolute atomic E-state index is 0.205. The first-order valence-corrected chi connectivity index (χ1v) is 9.84. The van der Waals surface area contributed by atoms with Crippen LogP contribution < -0.4 is 15.5 Å². The van der Waals surface area contributed by atoms with E-state index in [2.05, 4.69) is 26.6 Å². The van der Waals surface area contributed by atoms with E-state index in [4.69, 9.17) is 12.2 Å². The first-order chi connectivity index (χ1) is 12.2. The van der Waals surface area contributed by atoms with Crippen molar-refractivity contribution in [1.29, 1.82) is 0 Å². The van der Waals surface area contributed by atoms with Crippen molar-refractivity contribution in [3.05, 3.63) is 59.2 Å². The van der Waals surface area contributed by atoms with Gasteiger partial charge < -0.3 is 5.32 Å². The molecule has 0 fully saturated rings. The third-order valence-corrected chi connectivity index (χ3v) is 5.43. The summed E-state index contributed by atoms with van der Waals surface area (Å²) in [5.74, 6) is 0. The zero-order valence-electron chi connectivity index (χ0n) is 15.1. The highest BCUT2D eigenvalue weighted by Gasteiger charge is 2.11. The van der Waals surface area contributed by atoms with E-state index in [1.807, 2.05) is 32.9 Å². The molecule has 3 N–H and O–H groups in total. The van der Waals surface area contributed by atoms with E-state index in [1.165, 1.54) is 24.7 Å². The summed E-state index contributed by atoms with van der Waals surface area (Å²) in [7, 11) is -2.07. The van der Waals surface area contributed by atoms with Crippen molar-refractivity contribution in [3.8, 4) is 0 Å². The molecule has 0 unspecified atom stereocenters. The van der Waals surface area contributed by atoms with Crippen LogP contribution in [0.1, 0.15) is 23.6 Å².